The average molecular weight is 316 g/mol. The Morgan fingerprint density at radius 1 is 1.38 bits per heavy atom. The van der Waals surface area contributed by atoms with Crippen LogP contribution in [0.5, 0.6) is 0 Å². The van der Waals surface area contributed by atoms with Gasteiger partial charge in [0.25, 0.3) is 0 Å². The predicted octanol–water partition coefficient (Wildman–Crippen LogP) is 2.66. The van der Waals surface area contributed by atoms with Crippen LogP contribution in [0.15, 0.2) is 0 Å². The molecule has 0 saturated carbocycles. The molecule has 0 aromatic carbocycles. The maximum absolute atomic E-state index is 12.3. The van der Waals surface area contributed by atoms with E-state index in [4.69, 9.17) is 0 Å². The molecule has 3 unspecified atom stereocenters. The van der Waals surface area contributed by atoms with E-state index in [9.17, 15) is 14.7 Å². The quantitative estimate of drug-likeness (QED) is 0.836. The van der Waals surface area contributed by atoms with E-state index in [-0.39, 0.29) is 24.0 Å². The summed E-state index contributed by atoms with van der Waals surface area (Å²) in [6.45, 7) is 11.1. The van der Waals surface area contributed by atoms with Gasteiger partial charge in [-0.15, -0.1) is 0 Å². The van der Waals surface area contributed by atoms with Crippen LogP contribution in [-0.4, -0.2) is 52.1 Å². The molecule has 0 radical (unpaired) electrons. The molecular weight excluding hydrogens is 288 g/mol. The van der Waals surface area contributed by atoms with Crippen molar-refractivity contribution in [2.45, 2.75) is 52.3 Å². The summed E-state index contributed by atoms with van der Waals surface area (Å²) in [5.74, 6) is -0.454. The van der Waals surface area contributed by atoms with Gasteiger partial charge >= 0.3 is 12.0 Å². The molecule has 0 aromatic heterocycles. The van der Waals surface area contributed by atoms with Crippen molar-refractivity contribution in [1.82, 2.24) is 10.2 Å². The van der Waals surface area contributed by atoms with Gasteiger partial charge < -0.3 is 15.3 Å². The maximum atomic E-state index is 12.3. The van der Waals surface area contributed by atoms with Crippen LogP contribution < -0.4 is 5.32 Å². The normalized spacial score (nSPS) is 24.5. The smallest absolute Gasteiger partial charge is 0.317 e. The van der Waals surface area contributed by atoms with Crippen LogP contribution in [0.1, 0.15) is 41.0 Å². The van der Waals surface area contributed by atoms with Crippen molar-refractivity contribution in [3.05, 3.63) is 0 Å². The zero-order valence-corrected chi connectivity index (χ0v) is 14.5. The SMILES string of the molecule is CC1SCCN(C(=O)NCC(CC(C)(C)C)C(=O)O)C1C. The Balaban J connectivity index is 2.55. The molecule has 0 spiro atoms. The molecule has 1 rings (SSSR count). The van der Waals surface area contributed by atoms with Crippen molar-refractivity contribution in [2.24, 2.45) is 11.3 Å². The van der Waals surface area contributed by atoms with Crippen molar-refractivity contribution < 1.29 is 14.7 Å². The second-order valence-electron chi connectivity index (χ2n) is 7.00. The monoisotopic (exact) mass is 316 g/mol. The predicted molar refractivity (Wildman–Crippen MR) is 86.7 cm³/mol. The van der Waals surface area contributed by atoms with E-state index in [0.29, 0.717) is 11.7 Å². The first-order valence-corrected chi connectivity index (χ1v) is 8.55. The van der Waals surface area contributed by atoms with E-state index in [1.54, 1.807) is 0 Å². The number of nitrogens with zero attached hydrogens (tertiary/aromatic N) is 1. The number of urea groups is 1. The highest BCUT2D eigenvalue weighted by Gasteiger charge is 2.30. The Morgan fingerprint density at radius 3 is 2.52 bits per heavy atom. The van der Waals surface area contributed by atoms with Crippen LogP contribution in [0.2, 0.25) is 0 Å². The Hall–Kier alpha value is -0.910. The maximum Gasteiger partial charge on any atom is 0.317 e. The molecule has 122 valence electrons. The van der Waals surface area contributed by atoms with Gasteiger partial charge in [-0.05, 0) is 18.8 Å². The number of carbonyl (C=O) groups is 2. The van der Waals surface area contributed by atoms with E-state index < -0.39 is 11.9 Å². The molecule has 6 heteroatoms. The molecule has 1 heterocycles. The van der Waals surface area contributed by atoms with Crippen LogP contribution >= 0.6 is 11.8 Å². The summed E-state index contributed by atoms with van der Waals surface area (Å²) >= 11 is 1.87. The Labute approximate surface area is 131 Å². The van der Waals surface area contributed by atoms with E-state index in [1.807, 2.05) is 44.4 Å². The molecule has 2 N–H and O–H groups in total. The minimum atomic E-state index is -0.846. The van der Waals surface area contributed by atoms with Crippen LogP contribution in [0.3, 0.4) is 0 Å². The molecular formula is C15H28N2O3S. The van der Waals surface area contributed by atoms with E-state index in [1.165, 1.54) is 0 Å². The van der Waals surface area contributed by atoms with Crippen LogP contribution in [0.4, 0.5) is 4.79 Å². The highest BCUT2D eigenvalue weighted by Crippen LogP contribution is 2.25. The van der Waals surface area contributed by atoms with Gasteiger partial charge in [-0.3, -0.25) is 4.79 Å². The third kappa shape index (κ3) is 5.77. The lowest BCUT2D eigenvalue weighted by Gasteiger charge is -2.37. The minimum Gasteiger partial charge on any atom is -0.481 e. The summed E-state index contributed by atoms with van der Waals surface area (Å²) in [5.41, 5.74) is -0.0721. The van der Waals surface area contributed by atoms with Gasteiger partial charge in [0.1, 0.15) is 0 Å². The summed E-state index contributed by atoms with van der Waals surface area (Å²) in [7, 11) is 0. The van der Waals surface area contributed by atoms with Crippen LogP contribution in [0, 0.1) is 11.3 Å². The average Bonchev–Trinajstić information content (AvgIpc) is 2.35. The highest BCUT2D eigenvalue weighted by molar-refractivity contribution is 8.00. The Kier molecular flexibility index (Phi) is 6.38. The number of rotatable bonds is 4. The minimum absolute atomic E-state index is 0.0721. The second-order valence-corrected chi connectivity index (χ2v) is 8.48. The van der Waals surface area contributed by atoms with Gasteiger partial charge in [0, 0.05) is 30.1 Å². The van der Waals surface area contributed by atoms with Gasteiger partial charge in [0.05, 0.1) is 5.92 Å². The fraction of sp³-hybridized carbons (Fsp3) is 0.867. The van der Waals surface area contributed by atoms with Crippen molar-refractivity contribution in [2.75, 3.05) is 18.8 Å². The lowest BCUT2D eigenvalue weighted by molar-refractivity contribution is -0.142. The van der Waals surface area contributed by atoms with Gasteiger partial charge in [0.2, 0.25) is 0 Å². The molecule has 0 aliphatic carbocycles. The largest absolute Gasteiger partial charge is 0.481 e. The number of carboxylic acids is 1. The van der Waals surface area contributed by atoms with Gasteiger partial charge in [0.15, 0.2) is 0 Å². The lowest BCUT2D eigenvalue weighted by Crippen LogP contribution is -2.52. The van der Waals surface area contributed by atoms with Gasteiger partial charge in [-0.2, -0.15) is 11.8 Å². The third-order valence-corrected chi connectivity index (χ3v) is 5.19. The molecule has 2 amide bonds. The molecule has 0 bridgehead atoms. The van der Waals surface area contributed by atoms with Crippen molar-refractivity contribution in [3.63, 3.8) is 0 Å². The summed E-state index contributed by atoms with van der Waals surface area (Å²) < 4.78 is 0. The summed E-state index contributed by atoms with van der Waals surface area (Å²) in [6, 6.07) is 0.0319. The number of carbonyl (C=O) groups excluding carboxylic acids is 1. The molecule has 21 heavy (non-hydrogen) atoms. The standard InChI is InChI=1S/C15H28N2O3S/c1-10-11(2)21-7-6-17(10)14(20)16-9-12(13(18)19)8-15(3,4)5/h10-12H,6-9H2,1-5H3,(H,16,20)(H,18,19). The number of amides is 2. The van der Waals surface area contributed by atoms with Crippen LogP contribution in [0.25, 0.3) is 0 Å². The number of hydrogen-bond donors (Lipinski definition) is 2. The first-order valence-electron chi connectivity index (χ1n) is 7.50. The fourth-order valence-corrected chi connectivity index (χ4v) is 3.62. The van der Waals surface area contributed by atoms with E-state index in [2.05, 4.69) is 12.2 Å². The molecule has 1 saturated heterocycles. The number of thioether (sulfide) groups is 1. The van der Waals surface area contributed by atoms with Crippen molar-refractivity contribution in [1.29, 1.82) is 0 Å². The summed E-state index contributed by atoms with van der Waals surface area (Å²) in [4.78, 5) is 25.4. The summed E-state index contributed by atoms with van der Waals surface area (Å²) in [5, 5.41) is 12.5. The number of hydrogen-bond acceptors (Lipinski definition) is 3. The zero-order valence-electron chi connectivity index (χ0n) is 13.7. The third-order valence-electron chi connectivity index (χ3n) is 3.85. The molecule has 1 aliphatic heterocycles. The zero-order chi connectivity index (χ0) is 16.2. The van der Waals surface area contributed by atoms with Crippen molar-refractivity contribution in [3.8, 4) is 0 Å². The first-order chi connectivity index (χ1) is 9.61. The highest BCUT2D eigenvalue weighted by atomic mass is 32.2. The second kappa shape index (κ2) is 7.38. The number of nitrogens with one attached hydrogen (secondary N) is 1. The van der Waals surface area contributed by atoms with Crippen LogP contribution in [-0.2, 0) is 4.79 Å². The lowest BCUT2D eigenvalue weighted by atomic mass is 9.84. The fourth-order valence-electron chi connectivity index (χ4n) is 2.52. The molecule has 5 nitrogen and oxygen atoms in total. The molecule has 1 aliphatic rings. The topological polar surface area (TPSA) is 69.6 Å². The Morgan fingerprint density at radius 2 is 2.00 bits per heavy atom. The Bertz CT molecular complexity index is 382. The molecule has 0 aromatic rings. The van der Waals surface area contributed by atoms with E-state index in [0.717, 1.165) is 12.3 Å². The van der Waals surface area contributed by atoms with E-state index >= 15 is 0 Å². The summed E-state index contributed by atoms with van der Waals surface area (Å²) in [6.07, 6.45) is 0.546. The first kappa shape index (κ1) is 18.1. The van der Waals surface area contributed by atoms with Gasteiger partial charge in [-0.1, -0.05) is 27.7 Å². The van der Waals surface area contributed by atoms with Gasteiger partial charge in [-0.25, -0.2) is 4.79 Å². The number of carboxylic acid groups (broad SMARTS) is 1. The number of aliphatic carboxylic acids is 1. The molecule has 3 atom stereocenters. The molecule has 1 fully saturated rings. The van der Waals surface area contributed by atoms with Crippen molar-refractivity contribution >= 4 is 23.8 Å².